The summed E-state index contributed by atoms with van der Waals surface area (Å²) in [4.78, 5) is 11.0. The highest BCUT2D eigenvalue weighted by Crippen LogP contribution is 2.12. The summed E-state index contributed by atoms with van der Waals surface area (Å²) in [5, 5.41) is 0. The molecule has 2 heteroatoms. The molecule has 0 unspecified atom stereocenters. The summed E-state index contributed by atoms with van der Waals surface area (Å²) >= 11 is 0. The maximum atomic E-state index is 11.0. The number of hydrogen-bond acceptors (Lipinski definition) is 2. The Morgan fingerprint density at radius 1 is 0.955 bits per heavy atom. The molecule has 0 bridgehead atoms. The monoisotopic (exact) mass is 302 g/mol. The van der Waals surface area contributed by atoms with Crippen molar-refractivity contribution in [3.05, 3.63) is 41.5 Å². The SMILES string of the molecule is CCCCCCCCCCc1ccc(C=CC(=O)OC)cc1. The van der Waals surface area contributed by atoms with Gasteiger partial charge in [0.05, 0.1) is 7.11 Å². The summed E-state index contributed by atoms with van der Waals surface area (Å²) in [6, 6.07) is 8.41. The summed E-state index contributed by atoms with van der Waals surface area (Å²) in [5.74, 6) is -0.317. The van der Waals surface area contributed by atoms with Crippen LogP contribution in [0, 0.1) is 0 Å². The average Bonchev–Trinajstić information content (AvgIpc) is 2.56. The molecule has 22 heavy (non-hydrogen) atoms. The van der Waals surface area contributed by atoms with Gasteiger partial charge in [-0.1, -0.05) is 76.1 Å². The molecule has 122 valence electrons. The molecule has 0 saturated carbocycles. The lowest BCUT2D eigenvalue weighted by Gasteiger charge is -2.03. The molecule has 1 aromatic rings. The van der Waals surface area contributed by atoms with Crippen molar-refractivity contribution in [2.75, 3.05) is 7.11 Å². The summed E-state index contributed by atoms with van der Waals surface area (Å²) < 4.78 is 4.58. The van der Waals surface area contributed by atoms with E-state index in [4.69, 9.17) is 0 Å². The maximum absolute atomic E-state index is 11.0. The highest BCUT2D eigenvalue weighted by atomic mass is 16.5. The third kappa shape index (κ3) is 8.66. The third-order valence-electron chi connectivity index (χ3n) is 3.91. The minimum absolute atomic E-state index is 0.317. The van der Waals surface area contributed by atoms with Gasteiger partial charge >= 0.3 is 5.97 Å². The largest absolute Gasteiger partial charge is 0.466 e. The molecular formula is C20H30O2. The van der Waals surface area contributed by atoms with Crippen LogP contribution in [0.1, 0.15) is 69.4 Å². The number of esters is 1. The lowest BCUT2D eigenvalue weighted by molar-refractivity contribution is -0.134. The van der Waals surface area contributed by atoms with Crippen molar-refractivity contribution in [3.8, 4) is 0 Å². The fourth-order valence-corrected chi connectivity index (χ4v) is 2.49. The van der Waals surface area contributed by atoms with Crippen molar-refractivity contribution in [2.45, 2.75) is 64.7 Å². The highest BCUT2D eigenvalue weighted by Gasteiger charge is 1.96. The van der Waals surface area contributed by atoms with E-state index < -0.39 is 0 Å². The van der Waals surface area contributed by atoms with E-state index >= 15 is 0 Å². The van der Waals surface area contributed by atoms with Gasteiger partial charge in [0.2, 0.25) is 0 Å². The molecule has 0 heterocycles. The summed E-state index contributed by atoms with van der Waals surface area (Å²) in [6.45, 7) is 2.26. The Labute approximate surface area is 135 Å². The molecule has 0 amide bonds. The van der Waals surface area contributed by atoms with Crippen LogP contribution in [0.15, 0.2) is 30.3 Å². The van der Waals surface area contributed by atoms with Crippen LogP contribution in [0.25, 0.3) is 6.08 Å². The third-order valence-corrected chi connectivity index (χ3v) is 3.91. The number of benzene rings is 1. The van der Waals surface area contributed by atoms with Crippen molar-refractivity contribution >= 4 is 12.0 Å². The number of ether oxygens (including phenoxy) is 1. The molecule has 1 rings (SSSR count). The number of carbonyl (C=O) groups is 1. The first-order valence-electron chi connectivity index (χ1n) is 8.61. The molecule has 0 fully saturated rings. The smallest absolute Gasteiger partial charge is 0.330 e. The van der Waals surface area contributed by atoms with Gasteiger partial charge in [-0.25, -0.2) is 4.79 Å². The molecular weight excluding hydrogens is 272 g/mol. The Morgan fingerprint density at radius 2 is 1.55 bits per heavy atom. The Morgan fingerprint density at radius 3 is 2.14 bits per heavy atom. The first-order chi connectivity index (χ1) is 10.8. The maximum Gasteiger partial charge on any atom is 0.330 e. The average molecular weight is 302 g/mol. The second-order valence-corrected chi connectivity index (χ2v) is 5.82. The van der Waals surface area contributed by atoms with E-state index in [0.717, 1.165) is 12.0 Å². The summed E-state index contributed by atoms with van der Waals surface area (Å²) in [7, 11) is 1.39. The van der Waals surface area contributed by atoms with Gasteiger partial charge in [-0.05, 0) is 30.0 Å². The number of hydrogen-bond donors (Lipinski definition) is 0. The zero-order valence-corrected chi connectivity index (χ0v) is 14.1. The minimum Gasteiger partial charge on any atom is -0.466 e. The van der Waals surface area contributed by atoms with E-state index in [1.54, 1.807) is 6.08 Å². The first kappa shape index (κ1) is 18.5. The van der Waals surface area contributed by atoms with E-state index in [9.17, 15) is 4.79 Å². The fraction of sp³-hybridized carbons (Fsp3) is 0.550. The zero-order valence-electron chi connectivity index (χ0n) is 14.1. The number of aryl methyl sites for hydroxylation is 1. The molecule has 1 aromatic carbocycles. The molecule has 0 aliphatic carbocycles. The molecule has 0 N–H and O–H groups in total. The van der Waals surface area contributed by atoms with Crippen LogP contribution in [0.3, 0.4) is 0 Å². The second kappa shape index (κ2) is 12.0. The van der Waals surface area contributed by atoms with Crippen LogP contribution in [-0.4, -0.2) is 13.1 Å². The van der Waals surface area contributed by atoms with Crippen LogP contribution in [-0.2, 0) is 16.0 Å². The topological polar surface area (TPSA) is 26.3 Å². The van der Waals surface area contributed by atoms with Gasteiger partial charge in [0, 0.05) is 6.08 Å². The lowest BCUT2D eigenvalue weighted by atomic mass is 10.0. The molecule has 0 radical (unpaired) electrons. The lowest BCUT2D eigenvalue weighted by Crippen LogP contribution is -1.93. The van der Waals surface area contributed by atoms with Crippen molar-refractivity contribution in [2.24, 2.45) is 0 Å². The quantitative estimate of drug-likeness (QED) is 0.304. The molecule has 0 saturated heterocycles. The van der Waals surface area contributed by atoms with Crippen LogP contribution in [0.2, 0.25) is 0 Å². The Kier molecular flexibility index (Phi) is 10.1. The van der Waals surface area contributed by atoms with Gasteiger partial charge < -0.3 is 4.74 Å². The molecule has 0 aliphatic heterocycles. The van der Waals surface area contributed by atoms with Crippen molar-refractivity contribution in [3.63, 3.8) is 0 Å². The van der Waals surface area contributed by atoms with Gasteiger partial charge in [0.15, 0.2) is 0 Å². The molecule has 0 aliphatic rings. The van der Waals surface area contributed by atoms with Crippen LogP contribution in [0.5, 0.6) is 0 Å². The van der Waals surface area contributed by atoms with Gasteiger partial charge in [0.1, 0.15) is 0 Å². The standard InChI is InChI=1S/C20H30O2/c1-3-4-5-6-7-8-9-10-11-18-12-14-19(15-13-18)16-17-20(21)22-2/h12-17H,3-11H2,1-2H3. The van der Waals surface area contributed by atoms with Crippen LogP contribution >= 0.6 is 0 Å². The van der Waals surface area contributed by atoms with Crippen molar-refractivity contribution < 1.29 is 9.53 Å². The van der Waals surface area contributed by atoms with Gasteiger partial charge in [-0.3, -0.25) is 0 Å². The Hall–Kier alpha value is -1.57. The molecule has 0 atom stereocenters. The fourth-order valence-electron chi connectivity index (χ4n) is 2.49. The molecule has 2 nitrogen and oxygen atoms in total. The molecule has 0 spiro atoms. The first-order valence-corrected chi connectivity index (χ1v) is 8.61. The number of rotatable bonds is 11. The van der Waals surface area contributed by atoms with Crippen LogP contribution in [0.4, 0.5) is 0 Å². The van der Waals surface area contributed by atoms with E-state index in [0.29, 0.717) is 0 Å². The van der Waals surface area contributed by atoms with Gasteiger partial charge in [-0.2, -0.15) is 0 Å². The normalized spacial score (nSPS) is 11.0. The minimum atomic E-state index is -0.317. The Balaban J connectivity index is 2.16. The van der Waals surface area contributed by atoms with Gasteiger partial charge in [0.25, 0.3) is 0 Å². The van der Waals surface area contributed by atoms with E-state index in [-0.39, 0.29) is 5.97 Å². The second-order valence-electron chi connectivity index (χ2n) is 5.82. The zero-order chi connectivity index (χ0) is 16.0. The number of carbonyl (C=O) groups excluding carboxylic acids is 1. The van der Waals surface area contributed by atoms with Crippen molar-refractivity contribution in [1.82, 2.24) is 0 Å². The van der Waals surface area contributed by atoms with E-state index in [2.05, 4.69) is 35.9 Å². The van der Waals surface area contributed by atoms with E-state index in [1.165, 1.54) is 70.1 Å². The van der Waals surface area contributed by atoms with E-state index in [1.807, 2.05) is 0 Å². The van der Waals surface area contributed by atoms with Gasteiger partial charge in [-0.15, -0.1) is 0 Å². The Bertz CT molecular complexity index is 432. The summed E-state index contributed by atoms with van der Waals surface area (Å²) in [5.41, 5.74) is 2.41. The molecule has 0 aromatic heterocycles. The summed E-state index contributed by atoms with van der Waals surface area (Å²) in [6.07, 6.45) is 15.2. The van der Waals surface area contributed by atoms with Crippen molar-refractivity contribution in [1.29, 1.82) is 0 Å². The number of unbranched alkanes of at least 4 members (excludes halogenated alkanes) is 7. The highest BCUT2D eigenvalue weighted by molar-refractivity contribution is 5.86. The predicted octanol–water partition coefficient (Wildman–Crippen LogP) is 5.56. The predicted molar refractivity (Wildman–Crippen MR) is 93.8 cm³/mol. The number of methoxy groups -OCH3 is 1. The van der Waals surface area contributed by atoms with Crippen LogP contribution < -0.4 is 0 Å².